The first-order chi connectivity index (χ1) is 7.24. The largest absolute Gasteiger partial charge is 0.466 e. The van der Waals surface area contributed by atoms with Crippen LogP contribution in [0, 0.1) is 0 Å². The lowest BCUT2D eigenvalue weighted by Gasteiger charge is -2.22. The lowest BCUT2D eigenvalue weighted by molar-refractivity contribution is -0.145. The predicted octanol–water partition coefficient (Wildman–Crippen LogP) is 0.646. The molecule has 1 heterocycles. The molecule has 5 nitrogen and oxygen atoms in total. The molecule has 0 saturated heterocycles. The number of esters is 1. The van der Waals surface area contributed by atoms with Gasteiger partial charge in [-0.05, 0) is 13.8 Å². The topological polar surface area (TPSA) is 51.1 Å². The monoisotopic (exact) mass is 214 g/mol. The summed E-state index contributed by atoms with van der Waals surface area (Å²) < 4.78 is 10.3. The summed E-state index contributed by atoms with van der Waals surface area (Å²) >= 11 is 0. The summed E-state index contributed by atoms with van der Waals surface area (Å²) in [6.45, 7) is 6.27. The van der Waals surface area contributed by atoms with Gasteiger partial charge in [0.05, 0.1) is 32.5 Å². The number of hydrogen-bond acceptors (Lipinski definition) is 5. The van der Waals surface area contributed by atoms with Crippen molar-refractivity contribution in [3.63, 3.8) is 0 Å². The molecule has 0 amide bonds. The molecule has 0 aliphatic carbocycles. The van der Waals surface area contributed by atoms with E-state index in [1.54, 1.807) is 13.3 Å². The summed E-state index contributed by atoms with van der Waals surface area (Å²) in [5.74, 6) is -0.209. The maximum atomic E-state index is 11.0. The smallest absolute Gasteiger partial charge is 0.308 e. The lowest BCUT2D eigenvalue weighted by Crippen LogP contribution is -2.33. The summed E-state index contributed by atoms with van der Waals surface area (Å²) in [5, 5.41) is 0. The Morgan fingerprint density at radius 3 is 3.07 bits per heavy atom. The Morgan fingerprint density at radius 2 is 2.47 bits per heavy atom. The zero-order valence-electron chi connectivity index (χ0n) is 9.31. The first kappa shape index (κ1) is 12.0. The van der Waals surface area contributed by atoms with Crippen LogP contribution in [0.2, 0.25) is 0 Å². The zero-order chi connectivity index (χ0) is 11.1. The minimum atomic E-state index is -0.209. The van der Waals surface area contributed by atoms with Gasteiger partial charge in [0.15, 0.2) is 0 Å². The second kappa shape index (κ2) is 6.40. The molecule has 0 aromatic heterocycles. The van der Waals surface area contributed by atoms with E-state index in [2.05, 4.69) is 4.99 Å². The van der Waals surface area contributed by atoms with Crippen molar-refractivity contribution >= 4 is 12.3 Å². The highest BCUT2D eigenvalue weighted by Crippen LogP contribution is 2.03. The van der Waals surface area contributed by atoms with Gasteiger partial charge in [0.2, 0.25) is 0 Å². The van der Waals surface area contributed by atoms with E-state index in [4.69, 9.17) is 9.47 Å². The standard InChI is InChI=1S/C10H18N2O3/c1-3-14-10(13)4-7-15-9(2)12-6-5-11-8-12/h8-9H,3-7H2,1-2H3. The van der Waals surface area contributed by atoms with Gasteiger partial charge in [-0.1, -0.05) is 0 Å². The van der Waals surface area contributed by atoms with E-state index in [9.17, 15) is 4.79 Å². The van der Waals surface area contributed by atoms with E-state index in [1.165, 1.54) is 0 Å². The van der Waals surface area contributed by atoms with Gasteiger partial charge in [0, 0.05) is 6.54 Å². The van der Waals surface area contributed by atoms with E-state index in [0.29, 0.717) is 19.6 Å². The molecular weight excluding hydrogens is 196 g/mol. The van der Waals surface area contributed by atoms with Crippen molar-refractivity contribution in [2.75, 3.05) is 26.3 Å². The van der Waals surface area contributed by atoms with Crippen molar-refractivity contribution in [1.29, 1.82) is 0 Å². The van der Waals surface area contributed by atoms with Gasteiger partial charge in [0.1, 0.15) is 6.23 Å². The van der Waals surface area contributed by atoms with Crippen LogP contribution in [0.25, 0.3) is 0 Å². The van der Waals surface area contributed by atoms with Gasteiger partial charge < -0.3 is 14.4 Å². The van der Waals surface area contributed by atoms with Crippen LogP contribution in [0.3, 0.4) is 0 Å². The number of hydrogen-bond donors (Lipinski definition) is 0. The van der Waals surface area contributed by atoms with Gasteiger partial charge in [-0.25, -0.2) is 0 Å². The average Bonchev–Trinajstić information content (AvgIpc) is 2.70. The molecule has 0 radical (unpaired) electrons. The van der Waals surface area contributed by atoms with Gasteiger partial charge in [-0.2, -0.15) is 0 Å². The molecule has 1 atom stereocenters. The second-order valence-corrected chi connectivity index (χ2v) is 3.28. The summed E-state index contributed by atoms with van der Waals surface area (Å²) in [4.78, 5) is 17.1. The fourth-order valence-electron chi connectivity index (χ4n) is 1.31. The highest BCUT2D eigenvalue weighted by atomic mass is 16.5. The Hall–Kier alpha value is -1.10. The molecule has 0 aromatic rings. The maximum Gasteiger partial charge on any atom is 0.308 e. The summed E-state index contributed by atoms with van der Waals surface area (Å²) in [7, 11) is 0. The molecule has 5 heteroatoms. The molecule has 0 N–H and O–H groups in total. The Labute approximate surface area is 90.1 Å². The fourth-order valence-corrected chi connectivity index (χ4v) is 1.31. The van der Waals surface area contributed by atoms with Crippen molar-refractivity contribution in [2.24, 2.45) is 4.99 Å². The highest BCUT2D eigenvalue weighted by molar-refractivity contribution is 5.69. The molecule has 1 rings (SSSR count). The van der Waals surface area contributed by atoms with Crippen molar-refractivity contribution in [1.82, 2.24) is 4.90 Å². The third-order valence-corrected chi connectivity index (χ3v) is 2.15. The molecule has 0 bridgehead atoms. The average molecular weight is 214 g/mol. The summed E-state index contributed by atoms with van der Waals surface area (Å²) in [6.07, 6.45) is 2.07. The molecule has 1 aliphatic rings. The third kappa shape index (κ3) is 4.29. The normalized spacial score (nSPS) is 16.8. The fraction of sp³-hybridized carbons (Fsp3) is 0.800. The van der Waals surface area contributed by atoms with Crippen LogP contribution in [0.15, 0.2) is 4.99 Å². The predicted molar refractivity (Wildman–Crippen MR) is 56.7 cm³/mol. The van der Waals surface area contributed by atoms with Gasteiger partial charge in [0.25, 0.3) is 0 Å². The Balaban J connectivity index is 2.08. The van der Waals surface area contributed by atoms with Crippen molar-refractivity contribution in [3.8, 4) is 0 Å². The van der Waals surface area contributed by atoms with Crippen LogP contribution in [0.5, 0.6) is 0 Å². The van der Waals surface area contributed by atoms with Crippen molar-refractivity contribution in [3.05, 3.63) is 0 Å². The Kier molecular flexibility index (Phi) is 5.10. The maximum absolute atomic E-state index is 11.0. The third-order valence-electron chi connectivity index (χ3n) is 2.15. The number of ether oxygens (including phenoxy) is 2. The van der Waals surface area contributed by atoms with Gasteiger partial charge in [-0.15, -0.1) is 0 Å². The molecule has 0 aromatic carbocycles. The van der Waals surface area contributed by atoms with Crippen LogP contribution in [-0.2, 0) is 14.3 Å². The molecule has 0 spiro atoms. The number of carbonyl (C=O) groups excluding carboxylic acids is 1. The molecule has 15 heavy (non-hydrogen) atoms. The highest BCUT2D eigenvalue weighted by Gasteiger charge is 2.14. The van der Waals surface area contributed by atoms with Crippen molar-refractivity contribution < 1.29 is 14.3 Å². The molecule has 86 valence electrons. The molecule has 0 saturated carbocycles. The second-order valence-electron chi connectivity index (χ2n) is 3.28. The van der Waals surface area contributed by atoms with Crippen LogP contribution in [0.4, 0.5) is 0 Å². The van der Waals surface area contributed by atoms with Crippen LogP contribution in [0.1, 0.15) is 20.3 Å². The quantitative estimate of drug-likeness (QED) is 0.609. The van der Waals surface area contributed by atoms with Crippen LogP contribution < -0.4 is 0 Å². The van der Waals surface area contributed by atoms with Crippen LogP contribution in [-0.4, -0.2) is 49.7 Å². The number of carbonyl (C=O) groups is 1. The van der Waals surface area contributed by atoms with E-state index < -0.39 is 0 Å². The van der Waals surface area contributed by atoms with Gasteiger partial charge in [-0.3, -0.25) is 9.79 Å². The van der Waals surface area contributed by atoms with E-state index in [-0.39, 0.29) is 12.2 Å². The van der Waals surface area contributed by atoms with E-state index in [0.717, 1.165) is 13.1 Å². The first-order valence-corrected chi connectivity index (χ1v) is 5.27. The first-order valence-electron chi connectivity index (χ1n) is 5.27. The Morgan fingerprint density at radius 1 is 1.67 bits per heavy atom. The van der Waals surface area contributed by atoms with E-state index in [1.807, 2.05) is 11.8 Å². The molecule has 0 fully saturated rings. The van der Waals surface area contributed by atoms with E-state index >= 15 is 0 Å². The summed E-state index contributed by atoms with van der Waals surface area (Å²) in [6, 6.07) is 0. The van der Waals surface area contributed by atoms with Crippen molar-refractivity contribution in [2.45, 2.75) is 26.5 Å². The number of rotatable bonds is 6. The SMILES string of the molecule is CCOC(=O)CCOC(C)N1C=NCC1. The Bertz CT molecular complexity index is 231. The number of nitrogens with zero attached hydrogens (tertiary/aromatic N) is 2. The summed E-state index contributed by atoms with van der Waals surface area (Å²) in [5.41, 5.74) is 0. The lowest BCUT2D eigenvalue weighted by atomic mass is 10.4. The molecule has 1 aliphatic heterocycles. The van der Waals surface area contributed by atoms with Gasteiger partial charge >= 0.3 is 5.97 Å². The minimum Gasteiger partial charge on any atom is -0.466 e. The molecule has 1 unspecified atom stereocenters. The molecular formula is C10H18N2O3. The number of aliphatic imine (C=N–C) groups is 1. The zero-order valence-corrected chi connectivity index (χ0v) is 9.31. The minimum absolute atomic E-state index is 0.0225. The van der Waals surface area contributed by atoms with Crippen LogP contribution >= 0.6 is 0 Å².